The Kier molecular flexibility index (Phi) is 12.6. The zero-order valence-corrected chi connectivity index (χ0v) is 17.5. The van der Waals surface area contributed by atoms with E-state index in [1.54, 1.807) is 13.8 Å². The molecule has 1 atom stereocenters. The molecule has 6 nitrogen and oxygen atoms in total. The maximum Gasteiger partial charge on any atom is 0.242 e. The second-order valence-corrected chi connectivity index (χ2v) is 6.74. The van der Waals surface area contributed by atoms with Gasteiger partial charge in [0.05, 0.1) is 13.0 Å². The van der Waals surface area contributed by atoms with Gasteiger partial charge in [0, 0.05) is 10.8 Å². The molecule has 0 saturated heterocycles. The highest BCUT2D eigenvalue weighted by molar-refractivity contribution is 5.90. The van der Waals surface area contributed by atoms with Gasteiger partial charge in [-0.3, -0.25) is 14.4 Å². The van der Waals surface area contributed by atoms with Gasteiger partial charge in [-0.1, -0.05) is 58.4 Å². The molecule has 27 heavy (non-hydrogen) atoms. The van der Waals surface area contributed by atoms with Crippen molar-refractivity contribution in [3.63, 3.8) is 0 Å². The van der Waals surface area contributed by atoms with Crippen molar-refractivity contribution in [2.24, 2.45) is 0 Å². The topological polar surface area (TPSA) is 87.3 Å². The van der Waals surface area contributed by atoms with Crippen molar-refractivity contribution in [1.82, 2.24) is 16.0 Å². The fraction of sp³-hybridized carbons (Fsp3) is 0.571. The predicted octanol–water partition coefficient (Wildman–Crippen LogP) is 3.26. The van der Waals surface area contributed by atoms with Gasteiger partial charge in [-0.25, -0.2) is 0 Å². The lowest BCUT2D eigenvalue weighted by Gasteiger charge is -2.13. The van der Waals surface area contributed by atoms with Crippen LogP contribution in [-0.4, -0.2) is 36.9 Å². The Morgan fingerprint density at radius 1 is 0.926 bits per heavy atom. The molecule has 6 heteroatoms. The van der Waals surface area contributed by atoms with E-state index in [-0.39, 0.29) is 29.1 Å². The van der Waals surface area contributed by atoms with Gasteiger partial charge in [0.25, 0.3) is 0 Å². The van der Waals surface area contributed by atoms with Gasteiger partial charge >= 0.3 is 0 Å². The van der Waals surface area contributed by atoms with Crippen LogP contribution in [-0.2, 0) is 20.8 Å². The molecule has 0 aliphatic rings. The van der Waals surface area contributed by atoms with Gasteiger partial charge in [-0.2, -0.15) is 0 Å². The van der Waals surface area contributed by atoms with Crippen molar-refractivity contribution in [1.29, 1.82) is 0 Å². The molecule has 0 aliphatic carbocycles. The van der Waals surface area contributed by atoms with Crippen molar-refractivity contribution in [2.45, 2.75) is 66.3 Å². The number of benzene rings is 1. The normalized spacial score (nSPS) is 11.1. The van der Waals surface area contributed by atoms with Crippen molar-refractivity contribution < 1.29 is 18.7 Å². The SMILES string of the molecule is CCC.CCNC(=O)[C@H](C)NC(=O)CNC(=O)Cc1ccc(C(C)C)cc1.[HH].[HH].[HH]. The molecular weight excluding hydrogens is 342 g/mol. The lowest BCUT2D eigenvalue weighted by Crippen LogP contribution is -2.48. The zero-order chi connectivity index (χ0) is 20.8. The average molecular weight is 384 g/mol. The Morgan fingerprint density at radius 2 is 1.48 bits per heavy atom. The van der Waals surface area contributed by atoms with Gasteiger partial charge in [0.15, 0.2) is 0 Å². The molecule has 0 spiro atoms. The van der Waals surface area contributed by atoms with E-state index >= 15 is 0 Å². The summed E-state index contributed by atoms with van der Waals surface area (Å²) in [5.41, 5.74) is 2.12. The van der Waals surface area contributed by atoms with E-state index in [4.69, 9.17) is 0 Å². The number of nitrogens with one attached hydrogen (secondary N) is 3. The summed E-state index contributed by atoms with van der Waals surface area (Å²) in [4.78, 5) is 35.1. The highest BCUT2D eigenvalue weighted by Crippen LogP contribution is 2.14. The summed E-state index contributed by atoms with van der Waals surface area (Å²) in [6.45, 7) is 12.2. The van der Waals surface area contributed by atoms with E-state index in [1.165, 1.54) is 12.0 Å². The maximum absolute atomic E-state index is 11.9. The quantitative estimate of drug-likeness (QED) is 0.644. The fourth-order valence-corrected chi connectivity index (χ4v) is 2.13. The molecule has 1 rings (SSSR count). The Morgan fingerprint density at radius 3 is 1.96 bits per heavy atom. The summed E-state index contributed by atoms with van der Waals surface area (Å²) in [7, 11) is 0. The van der Waals surface area contributed by atoms with E-state index in [0.29, 0.717) is 12.5 Å². The maximum atomic E-state index is 11.9. The van der Waals surface area contributed by atoms with Crippen LogP contribution in [0.3, 0.4) is 0 Å². The van der Waals surface area contributed by atoms with Gasteiger partial charge < -0.3 is 16.0 Å². The molecule has 0 fully saturated rings. The third-order valence-corrected chi connectivity index (χ3v) is 3.58. The summed E-state index contributed by atoms with van der Waals surface area (Å²) in [5.74, 6) is -0.420. The largest absolute Gasteiger partial charge is 0.355 e. The van der Waals surface area contributed by atoms with Gasteiger partial charge in [-0.15, -0.1) is 0 Å². The third-order valence-electron chi connectivity index (χ3n) is 3.58. The van der Waals surface area contributed by atoms with Crippen LogP contribution in [0, 0.1) is 0 Å². The number of likely N-dealkylation sites (N-methyl/N-ethyl adjacent to an activating group) is 1. The van der Waals surface area contributed by atoms with Crippen LogP contribution in [0.15, 0.2) is 24.3 Å². The Hall–Kier alpha value is -2.37. The molecule has 0 aliphatic heterocycles. The summed E-state index contributed by atoms with van der Waals surface area (Å²) in [5, 5.41) is 7.72. The van der Waals surface area contributed by atoms with Crippen LogP contribution in [0.5, 0.6) is 0 Å². The second kappa shape index (κ2) is 13.8. The minimum Gasteiger partial charge on any atom is -0.355 e. The Labute approximate surface area is 167 Å². The first kappa shape index (κ1) is 24.6. The molecule has 0 unspecified atom stereocenters. The van der Waals surface area contributed by atoms with E-state index in [9.17, 15) is 14.4 Å². The van der Waals surface area contributed by atoms with Crippen LogP contribution in [0.1, 0.15) is 69.3 Å². The summed E-state index contributed by atoms with van der Waals surface area (Å²) in [6, 6.07) is 7.23. The van der Waals surface area contributed by atoms with Crippen molar-refractivity contribution in [3.8, 4) is 0 Å². The predicted molar refractivity (Wildman–Crippen MR) is 116 cm³/mol. The van der Waals surface area contributed by atoms with E-state index in [2.05, 4.69) is 43.6 Å². The molecule has 0 radical (unpaired) electrons. The molecule has 1 aromatic rings. The Bertz CT molecular complexity index is 597. The molecule has 1 aromatic carbocycles. The molecule has 0 heterocycles. The van der Waals surface area contributed by atoms with Crippen LogP contribution in [0.25, 0.3) is 0 Å². The van der Waals surface area contributed by atoms with Crippen molar-refractivity contribution in [2.75, 3.05) is 13.1 Å². The van der Waals surface area contributed by atoms with Crippen LogP contribution in [0.4, 0.5) is 0 Å². The zero-order valence-electron chi connectivity index (χ0n) is 17.5. The smallest absolute Gasteiger partial charge is 0.242 e. The molecule has 3 N–H and O–H groups in total. The first-order valence-corrected chi connectivity index (χ1v) is 9.67. The lowest BCUT2D eigenvalue weighted by molar-refractivity contribution is -0.129. The average Bonchev–Trinajstić information content (AvgIpc) is 2.61. The van der Waals surface area contributed by atoms with E-state index in [0.717, 1.165) is 5.56 Å². The number of rotatable bonds is 8. The summed E-state index contributed by atoms with van der Waals surface area (Å²) < 4.78 is 0. The van der Waals surface area contributed by atoms with Gasteiger partial charge in [0.2, 0.25) is 17.7 Å². The van der Waals surface area contributed by atoms with Crippen molar-refractivity contribution >= 4 is 17.7 Å². The van der Waals surface area contributed by atoms with Crippen LogP contribution < -0.4 is 16.0 Å². The lowest BCUT2D eigenvalue weighted by atomic mass is 10.0. The monoisotopic (exact) mass is 383 g/mol. The Balaban J connectivity index is -0.000000530. The summed E-state index contributed by atoms with van der Waals surface area (Å²) in [6.07, 6.45) is 1.47. The highest BCUT2D eigenvalue weighted by Gasteiger charge is 2.15. The third kappa shape index (κ3) is 11.1. The minimum absolute atomic E-state index is 0. The van der Waals surface area contributed by atoms with E-state index in [1.807, 2.05) is 24.3 Å². The first-order chi connectivity index (χ1) is 12.7. The summed E-state index contributed by atoms with van der Waals surface area (Å²) >= 11 is 0. The number of carbonyl (C=O) groups is 3. The number of hydrogen-bond donors (Lipinski definition) is 3. The molecule has 0 bridgehead atoms. The van der Waals surface area contributed by atoms with Crippen LogP contribution >= 0.6 is 0 Å². The van der Waals surface area contributed by atoms with Crippen LogP contribution in [0.2, 0.25) is 0 Å². The fourth-order valence-electron chi connectivity index (χ4n) is 2.13. The molecule has 0 saturated carbocycles. The van der Waals surface area contributed by atoms with Gasteiger partial charge in [-0.05, 0) is 30.9 Å². The molecule has 0 aromatic heterocycles. The number of amides is 3. The number of carbonyl (C=O) groups excluding carboxylic acids is 3. The standard InChI is InChI=1S/C18H27N3O3.C3H8.3H2/c1-5-19-18(24)13(4)21-17(23)11-20-16(22)10-14-6-8-15(9-7-14)12(2)3;1-3-2;;;/h6-9,12-13H,5,10-11H2,1-4H3,(H,19,24)(H,20,22)(H,21,23);3H2,1-2H3;3*1H/t13-;;;;/m0..../s1. The minimum atomic E-state index is -0.627. The highest BCUT2D eigenvalue weighted by atomic mass is 16.2. The van der Waals surface area contributed by atoms with E-state index < -0.39 is 11.9 Å². The molecule has 3 amide bonds. The van der Waals surface area contributed by atoms with Crippen molar-refractivity contribution in [3.05, 3.63) is 35.4 Å². The number of hydrogen-bond acceptors (Lipinski definition) is 3. The second-order valence-electron chi connectivity index (χ2n) is 6.74. The first-order valence-electron chi connectivity index (χ1n) is 9.67. The van der Waals surface area contributed by atoms with Gasteiger partial charge in [0.1, 0.15) is 6.04 Å². The molecule has 158 valence electrons. The molecular formula is C21H41N3O3.